The summed E-state index contributed by atoms with van der Waals surface area (Å²) in [5.41, 5.74) is 12.4. The highest BCUT2D eigenvalue weighted by molar-refractivity contribution is 7.85. The number of hydrogen-bond acceptors (Lipinski definition) is 11. The van der Waals surface area contributed by atoms with E-state index in [0.717, 1.165) is 21.2 Å². The fraction of sp³-hybridized carbons (Fsp3) is 0.381. The monoisotopic (exact) mass is 525 g/mol. The van der Waals surface area contributed by atoms with Crippen LogP contribution < -0.4 is 17.2 Å². The molecule has 1 saturated heterocycles. The molecule has 5 atom stereocenters. The van der Waals surface area contributed by atoms with Crippen LogP contribution in [0.25, 0.3) is 10.9 Å². The molecule has 1 fully saturated rings. The van der Waals surface area contributed by atoms with E-state index in [2.05, 4.69) is 9.97 Å². The van der Waals surface area contributed by atoms with E-state index in [1.165, 1.54) is 12.3 Å². The Morgan fingerprint density at radius 1 is 1.28 bits per heavy atom. The lowest BCUT2D eigenvalue weighted by molar-refractivity contribution is -0.151. The number of rotatable bonds is 6. The number of fused-ring (bicyclic) bond motifs is 1. The number of esters is 1. The van der Waals surface area contributed by atoms with Crippen LogP contribution in [-0.4, -0.2) is 80.9 Å². The van der Waals surface area contributed by atoms with E-state index in [1.807, 2.05) is 30.3 Å². The number of aromatic nitrogens is 3. The molecule has 1 aliphatic heterocycles. The Balaban J connectivity index is 0.000000658. The van der Waals surface area contributed by atoms with Crippen LogP contribution >= 0.6 is 0 Å². The summed E-state index contributed by atoms with van der Waals surface area (Å²) in [5.74, 6) is -0.664. The van der Waals surface area contributed by atoms with Gasteiger partial charge in [0.05, 0.1) is 6.26 Å². The van der Waals surface area contributed by atoms with Gasteiger partial charge in [0.15, 0.2) is 6.23 Å². The molecule has 0 bridgehead atoms. The molecule has 36 heavy (non-hydrogen) atoms. The fourth-order valence-electron chi connectivity index (χ4n) is 3.55. The molecule has 0 aliphatic carbocycles. The minimum atomic E-state index is -3.67. The van der Waals surface area contributed by atoms with E-state index in [0.29, 0.717) is 6.26 Å². The molecule has 14 nitrogen and oxygen atoms in total. The van der Waals surface area contributed by atoms with Crippen LogP contribution in [-0.2, 0) is 30.8 Å². The molecule has 196 valence electrons. The number of nitrogens with one attached hydrogen (secondary N) is 1. The van der Waals surface area contributed by atoms with Crippen molar-refractivity contribution in [3.05, 3.63) is 58.8 Å². The van der Waals surface area contributed by atoms with Crippen molar-refractivity contribution in [3.8, 4) is 0 Å². The average molecular weight is 526 g/mol. The zero-order chi connectivity index (χ0) is 26.6. The number of anilines is 1. The summed E-state index contributed by atoms with van der Waals surface area (Å²) in [6.07, 6.45) is -2.80. The van der Waals surface area contributed by atoms with Crippen LogP contribution in [0.3, 0.4) is 0 Å². The maximum absolute atomic E-state index is 12.3. The molecule has 4 rings (SSSR count). The summed E-state index contributed by atoms with van der Waals surface area (Å²) in [6, 6.07) is 10.0. The fourth-order valence-corrected chi connectivity index (χ4v) is 3.55. The molecule has 0 amide bonds. The second-order valence-corrected chi connectivity index (χ2v) is 9.61. The predicted molar refractivity (Wildman–Crippen MR) is 127 cm³/mol. The van der Waals surface area contributed by atoms with Crippen LogP contribution in [0.2, 0.25) is 0 Å². The van der Waals surface area contributed by atoms with E-state index in [-0.39, 0.29) is 18.8 Å². The SMILES string of the molecule is CS(=O)(=O)O.Nc1ccn([C@@H]2O[C@H](COC(=O)[C@H](N)Cc3cc4ccccc4[nH]3)[C@@H](O)[C@@H]2O)c(=O)n1. The third-order valence-electron chi connectivity index (χ3n) is 5.18. The second-order valence-electron chi connectivity index (χ2n) is 8.14. The third-order valence-corrected chi connectivity index (χ3v) is 5.18. The molecule has 3 aromatic rings. The molecule has 0 radical (unpaired) electrons. The summed E-state index contributed by atoms with van der Waals surface area (Å²) >= 11 is 0. The Morgan fingerprint density at radius 3 is 2.58 bits per heavy atom. The van der Waals surface area contributed by atoms with Crippen molar-refractivity contribution in [1.82, 2.24) is 14.5 Å². The van der Waals surface area contributed by atoms with E-state index >= 15 is 0 Å². The van der Waals surface area contributed by atoms with Gasteiger partial charge in [0, 0.05) is 23.8 Å². The van der Waals surface area contributed by atoms with Crippen LogP contribution in [0.15, 0.2) is 47.4 Å². The molecular weight excluding hydrogens is 498 g/mol. The van der Waals surface area contributed by atoms with Gasteiger partial charge in [0.1, 0.15) is 36.8 Å². The zero-order valence-corrected chi connectivity index (χ0v) is 19.9. The number of nitrogens with two attached hydrogens (primary N) is 2. The van der Waals surface area contributed by atoms with Crippen molar-refractivity contribution in [2.75, 3.05) is 18.6 Å². The molecule has 1 aliphatic rings. The number of hydrogen-bond donors (Lipinski definition) is 6. The van der Waals surface area contributed by atoms with E-state index in [9.17, 15) is 28.2 Å². The number of nitrogen functional groups attached to an aromatic ring is 1. The van der Waals surface area contributed by atoms with Gasteiger partial charge < -0.3 is 36.1 Å². The van der Waals surface area contributed by atoms with Gasteiger partial charge in [-0.1, -0.05) is 18.2 Å². The smallest absolute Gasteiger partial charge is 0.351 e. The second kappa shape index (κ2) is 11.2. The van der Waals surface area contributed by atoms with Crippen molar-refractivity contribution in [1.29, 1.82) is 0 Å². The lowest BCUT2D eigenvalue weighted by atomic mass is 10.1. The lowest BCUT2D eigenvalue weighted by Gasteiger charge is -2.17. The topological polar surface area (TPSA) is 233 Å². The third kappa shape index (κ3) is 7.09. The highest BCUT2D eigenvalue weighted by atomic mass is 32.2. The van der Waals surface area contributed by atoms with E-state index < -0.39 is 52.4 Å². The summed E-state index contributed by atoms with van der Waals surface area (Å²) in [5, 5.41) is 21.5. The molecular formula is C21H27N5O9S. The van der Waals surface area contributed by atoms with Gasteiger partial charge in [-0.2, -0.15) is 13.4 Å². The first kappa shape index (κ1) is 27.3. The maximum Gasteiger partial charge on any atom is 0.351 e. The molecule has 15 heteroatoms. The Kier molecular flexibility index (Phi) is 8.44. The van der Waals surface area contributed by atoms with Crippen molar-refractivity contribution < 1.29 is 37.5 Å². The van der Waals surface area contributed by atoms with Crippen molar-refractivity contribution >= 4 is 32.8 Å². The average Bonchev–Trinajstić information content (AvgIpc) is 3.31. The number of H-pyrrole nitrogens is 1. The van der Waals surface area contributed by atoms with Gasteiger partial charge in [0.2, 0.25) is 0 Å². The molecule has 1 aromatic carbocycles. The molecule has 0 unspecified atom stereocenters. The number of carbonyl (C=O) groups is 1. The van der Waals surface area contributed by atoms with Gasteiger partial charge in [-0.3, -0.25) is 13.9 Å². The first-order valence-electron chi connectivity index (χ1n) is 10.6. The molecule has 0 spiro atoms. The van der Waals surface area contributed by atoms with E-state index in [1.54, 1.807) is 0 Å². The Hall–Kier alpha value is -3.34. The predicted octanol–water partition coefficient (Wildman–Crippen LogP) is -1.46. The first-order chi connectivity index (χ1) is 16.8. The molecule has 2 aromatic heterocycles. The minimum absolute atomic E-state index is 0.0173. The molecule has 3 heterocycles. The largest absolute Gasteiger partial charge is 0.462 e. The van der Waals surface area contributed by atoms with Gasteiger partial charge in [-0.05, 0) is 23.6 Å². The number of ether oxygens (including phenoxy) is 2. The maximum atomic E-state index is 12.3. The normalized spacial score (nSPS) is 22.6. The minimum Gasteiger partial charge on any atom is -0.462 e. The number of para-hydroxylation sites is 1. The standard InChI is InChI=1S/C20H23N5O6.CH4O3S/c21-12(8-11-7-10-3-1-2-4-13(10)23-11)19(28)30-9-14-16(26)17(27)18(31-14)25-6-5-15(22)24-20(25)29;1-5(2,3)4/h1-7,12,14,16-18,23,26-27H,8-9,21H2,(H2,22,24,29);1H3,(H,2,3,4)/t12-,14-,16-,17+,18-;/m1./s1. The van der Waals surface area contributed by atoms with Gasteiger partial charge in [0.25, 0.3) is 10.1 Å². The van der Waals surface area contributed by atoms with Crippen molar-refractivity contribution in [2.24, 2.45) is 5.73 Å². The van der Waals surface area contributed by atoms with Crippen molar-refractivity contribution in [3.63, 3.8) is 0 Å². The zero-order valence-electron chi connectivity index (χ0n) is 19.1. The number of aliphatic hydroxyl groups is 2. The lowest BCUT2D eigenvalue weighted by Crippen LogP contribution is -2.39. The van der Waals surface area contributed by atoms with Crippen LogP contribution in [0.4, 0.5) is 5.82 Å². The number of benzene rings is 1. The van der Waals surface area contributed by atoms with Crippen LogP contribution in [0.5, 0.6) is 0 Å². The summed E-state index contributed by atoms with van der Waals surface area (Å²) < 4.78 is 37.6. The van der Waals surface area contributed by atoms with Gasteiger partial charge in [-0.25, -0.2) is 4.79 Å². The quantitative estimate of drug-likeness (QED) is 0.160. The van der Waals surface area contributed by atoms with E-state index in [4.69, 9.17) is 25.5 Å². The highest BCUT2D eigenvalue weighted by Crippen LogP contribution is 2.28. The number of aliphatic hydroxyl groups excluding tert-OH is 2. The Morgan fingerprint density at radius 2 is 1.94 bits per heavy atom. The number of carbonyl (C=O) groups excluding carboxylic acids is 1. The van der Waals surface area contributed by atoms with Crippen molar-refractivity contribution in [2.45, 2.75) is 37.0 Å². The summed E-state index contributed by atoms with van der Waals surface area (Å²) in [6.45, 7) is -0.342. The van der Waals surface area contributed by atoms with Crippen LogP contribution in [0.1, 0.15) is 11.9 Å². The number of aromatic amines is 1. The highest BCUT2D eigenvalue weighted by Gasteiger charge is 2.44. The van der Waals surface area contributed by atoms with Crippen LogP contribution in [0, 0.1) is 0 Å². The first-order valence-corrected chi connectivity index (χ1v) is 12.5. The van der Waals surface area contributed by atoms with Gasteiger partial charge in [-0.15, -0.1) is 0 Å². The molecule has 8 N–H and O–H groups in total. The summed E-state index contributed by atoms with van der Waals surface area (Å²) in [7, 11) is -3.67. The molecule has 0 saturated carbocycles. The van der Waals surface area contributed by atoms with Gasteiger partial charge >= 0.3 is 11.7 Å². The Labute approximate surface area is 205 Å². The number of nitrogens with zero attached hydrogens (tertiary/aromatic N) is 2. The Bertz CT molecular complexity index is 1330. The summed E-state index contributed by atoms with van der Waals surface area (Å²) in [4.78, 5) is 31.0.